The number of rotatable bonds is 7. The van der Waals surface area contributed by atoms with E-state index in [0.29, 0.717) is 32.1 Å². The SMILES string of the molecule is O=C1CC2(CCCC2)CC(=O)N1CCCCNCC1COC2CCCCC2O1. The van der Waals surface area contributed by atoms with Crippen molar-refractivity contribution in [3.63, 3.8) is 0 Å². The molecule has 6 nitrogen and oxygen atoms in total. The zero-order valence-corrected chi connectivity index (χ0v) is 17.1. The lowest BCUT2D eigenvalue weighted by Gasteiger charge is -2.39. The molecule has 3 atom stereocenters. The number of ether oxygens (including phenoxy) is 2. The highest BCUT2D eigenvalue weighted by molar-refractivity contribution is 5.98. The fourth-order valence-corrected chi connectivity index (χ4v) is 5.58. The Morgan fingerprint density at radius 1 is 0.964 bits per heavy atom. The largest absolute Gasteiger partial charge is 0.373 e. The van der Waals surface area contributed by atoms with Gasteiger partial charge in [-0.25, -0.2) is 0 Å². The molecule has 4 fully saturated rings. The van der Waals surface area contributed by atoms with Gasteiger partial charge in [0.05, 0.1) is 24.9 Å². The summed E-state index contributed by atoms with van der Waals surface area (Å²) in [4.78, 5) is 26.5. The van der Waals surface area contributed by atoms with Crippen LogP contribution in [0.4, 0.5) is 0 Å². The van der Waals surface area contributed by atoms with E-state index in [-0.39, 0.29) is 29.4 Å². The monoisotopic (exact) mass is 392 g/mol. The summed E-state index contributed by atoms with van der Waals surface area (Å²) in [6, 6.07) is 0. The Bertz CT molecular complexity index is 541. The smallest absolute Gasteiger partial charge is 0.229 e. The first-order valence-electron chi connectivity index (χ1n) is 11.5. The van der Waals surface area contributed by atoms with Gasteiger partial charge in [-0.1, -0.05) is 25.7 Å². The minimum Gasteiger partial charge on any atom is -0.373 e. The summed E-state index contributed by atoms with van der Waals surface area (Å²) < 4.78 is 12.1. The van der Waals surface area contributed by atoms with Crippen LogP contribution in [0.25, 0.3) is 0 Å². The zero-order chi connectivity index (χ0) is 19.4. The number of nitrogens with zero attached hydrogens (tertiary/aromatic N) is 1. The lowest BCUT2D eigenvalue weighted by Crippen LogP contribution is -2.48. The average molecular weight is 393 g/mol. The molecular weight excluding hydrogens is 356 g/mol. The molecule has 4 aliphatic rings. The number of imide groups is 1. The number of carbonyl (C=O) groups is 2. The van der Waals surface area contributed by atoms with Crippen molar-refractivity contribution < 1.29 is 19.1 Å². The molecule has 0 aromatic rings. The number of hydrogen-bond acceptors (Lipinski definition) is 5. The van der Waals surface area contributed by atoms with Crippen LogP contribution in [-0.2, 0) is 19.1 Å². The van der Waals surface area contributed by atoms with Crippen molar-refractivity contribution in [2.24, 2.45) is 5.41 Å². The summed E-state index contributed by atoms with van der Waals surface area (Å²) in [6.07, 6.45) is 13.0. The molecule has 2 aliphatic carbocycles. The van der Waals surface area contributed by atoms with Gasteiger partial charge in [0.1, 0.15) is 0 Å². The molecule has 158 valence electrons. The van der Waals surface area contributed by atoms with Crippen molar-refractivity contribution in [1.82, 2.24) is 10.2 Å². The quantitative estimate of drug-likeness (QED) is 0.533. The van der Waals surface area contributed by atoms with Crippen LogP contribution in [0, 0.1) is 5.41 Å². The van der Waals surface area contributed by atoms with Crippen LogP contribution in [0.1, 0.15) is 77.0 Å². The highest BCUT2D eigenvalue weighted by Gasteiger charge is 2.44. The van der Waals surface area contributed by atoms with E-state index in [1.807, 2.05) is 0 Å². The number of carbonyl (C=O) groups excluding carboxylic acids is 2. The number of piperidine rings is 1. The Morgan fingerprint density at radius 3 is 2.43 bits per heavy atom. The van der Waals surface area contributed by atoms with Gasteiger partial charge in [0.2, 0.25) is 11.8 Å². The molecule has 4 rings (SSSR count). The maximum absolute atomic E-state index is 12.5. The van der Waals surface area contributed by atoms with Crippen molar-refractivity contribution >= 4 is 11.8 Å². The average Bonchev–Trinajstić information content (AvgIpc) is 3.13. The number of fused-ring (bicyclic) bond motifs is 1. The normalized spacial score (nSPS) is 32.7. The predicted octanol–water partition coefficient (Wildman–Crippen LogP) is 2.79. The van der Waals surface area contributed by atoms with Crippen LogP contribution >= 0.6 is 0 Å². The first-order valence-corrected chi connectivity index (χ1v) is 11.5. The predicted molar refractivity (Wildman–Crippen MR) is 106 cm³/mol. The highest BCUT2D eigenvalue weighted by atomic mass is 16.6. The van der Waals surface area contributed by atoms with Crippen molar-refractivity contribution in [3.8, 4) is 0 Å². The third kappa shape index (κ3) is 4.77. The van der Waals surface area contributed by atoms with E-state index < -0.39 is 0 Å². The fourth-order valence-electron chi connectivity index (χ4n) is 5.58. The van der Waals surface area contributed by atoms with Gasteiger partial charge < -0.3 is 14.8 Å². The van der Waals surface area contributed by atoms with Crippen molar-refractivity contribution in [3.05, 3.63) is 0 Å². The third-order valence-corrected chi connectivity index (χ3v) is 7.18. The van der Waals surface area contributed by atoms with E-state index in [4.69, 9.17) is 9.47 Å². The molecule has 0 bridgehead atoms. The zero-order valence-electron chi connectivity index (χ0n) is 17.1. The summed E-state index contributed by atoms with van der Waals surface area (Å²) in [5, 5.41) is 3.46. The molecule has 2 amide bonds. The maximum atomic E-state index is 12.5. The Balaban J connectivity index is 1.09. The molecule has 28 heavy (non-hydrogen) atoms. The van der Waals surface area contributed by atoms with Crippen LogP contribution < -0.4 is 5.32 Å². The van der Waals surface area contributed by atoms with Gasteiger partial charge in [-0.05, 0) is 50.5 Å². The van der Waals surface area contributed by atoms with E-state index in [2.05, 4.69) is 5.32 Å². The Labute approximate surface area is 168 Å². The van der Waals surface area contributed by atoms with Crippen LogP contribution in [0.2, 0.25) is 0 Å². The van der Waals surface area contributed by atoms with Crippen LogP contribution in [-0.4, -0.2) is 61.3 Å². The van der Waals surface area contributed by atoms with Gasteiger partial charge in [0.15, 0.2) is 0 Å². The topological polar surface area (TPSA) is 67.9 Å². The first kappa shape index (κ1) is 20.3. The summed E-state index contributed by atoms with van der Waals surface area (Å²) >= 11 is 0. The molecule has 2 heterocycles. The van der Waals surface area contributed by atoms with E-state index in [1.165, 1.54) is 30.6 Å². The van der Waals surface area contributed by atoms with Gasteiger partial charge in [0.25, 0.3) is 0 Å². The second kappa shape index (κ2) is 9.23. The summed E-state index contributed by atoms with van der Waals surface area (Å²) in [5.41, 5.74) is 0.00559. The Kier molecular flexibility index (Phi) is 6.69. The van der Waals surface area contributed by atoms with E-state index >= 15 is 0 Å². The molecule has 2 aliphatic heterocycles. The molecule has 1 N–H and O–H groups in total. The first-order chi connectivity index (χ1) is 13.7. The van der Waals surface area contributed by atoms with Gasteiger partial charge in [-0.3, -0.25) is 14.5 Å². The van der Waals surface area contributed by atoms with Gasteiger partial charge in [0, 0.05) is 25.9 Å². The lowest BCUT2D eigenvalue weighted by molar-refractivity contribution is -0.190. The van der Waals surface area contributed by atoms with Gasteiger partial charge in [-0.15, -0.1) is 0 Å². The molecule has 0 radical (unpaired) electrons. The molecule has 3 unspecified atom stereocenters. The summed E-state index contributed by atoms with van der Waals surface area (Å²) in [7, 11) is 0. The van der Waals surface area contributed by atoms with Crippen LogP contribution in [0.5, 0.6) is 0 Å². The Hall–Kier alpha value is -0.980. The van der Waals surface area contributed by atoms with E-state index in [0.717, 1.165) is 51.6 Å². The van der Waals surface area contributed by atoms with Crippen LogP contribution in [0.3, 0.4) is 0 Å². The van der Waals surface area contributed by atoms with Crippen molar-refractivity contribution in [2.75, 3.05) is 26.2 Å². The number of hydrogen-bond donors (Lipinski definition) is 1. The van der Waals surface area contributed by atoms with E-state index in [9.17, 15) is 9.59 Å². The fraction of sp³-hybridized carbons (Fsp3) is 0.909. The number of nitrogens with one attached hydrogen (secondary N) is 1. The number of likely N-dealkylation sites (tertiary alicyclic amines) is 1. The summed E-state index contributed by atoms with van der Waals surface area (Å²) in [6.45, 7) is 2.95. The van der Waals surface area contributed by atoms with Gasteiger partial charge >= 0.3 is 0 Å². The number of unbranched alkanes of at least 4 members (excludes halogenated alkanes) is 1. The maximum Gasteiger partial charge on any atom is 0.229 e. The number of amides is 2. The molecule has 2 saturated carbocycles. The highest BCUT2D eigenvalue weighted by Crippen LogP contribution is 2.46. The van der Waals surface area contributed by atoms with Crippen LogP contribution in [0.15, 0.2) is 0 Å². The Morgan fingerprint density at radius 2 is 1.68 bits per heavy atom. The minimum absolute atomic E-state index is 0.00559. The standard InChI is InChI=1S/C22H36N2O4/c25-20-13-22(9-3-4-10-22)14-21(26)24(20)12-6-5-11-23-15-17-16-27-18-7-1-2-8-19(18)28-17/h17-19,23H,1-16H2. The molecule has 0 aromatic heterocycles. The molecular formula is C22H36N2O4. The molecule has 1 spiro atoms. The molecule has 2 saturated heterocycles. The second-order valence-corrected chi connectivity index (χ2v) is 9.36. The third-order valence-electron chi connectivity index (χ3n) is 7.18. The lowest BCUT2D eigenvalue weighted by atomic mass is 9.76. The molecule has 6 heteroatoms. The molecule has 0 aromatic carbocycles. The summed E-state index contributed by atoms with van der Waals surface area (Å²) in [5.74, 6) is 0.113. The van der Waals surface area contributed by atoms with Crippen molar-refractivity contribution in [1.29, 1.82) is 0 Å². The van der Waals surface area contributed by atoms with Gasteiger partial charge in [-0.2, -0.15) is 0 Å². The second-order valence-electron chi connectivity index (χ2n) is 9.36. The van der Waals surface area contributed by atoms with E-state index in [1.54, 1.807) is 0 Å². The minimum atomic E-state index is 0.00559. The van der Waals surface area contributed by atoms with Crippen molar-refractivity contribution in [2.45, 2.75) is 95.4 Å².